The lowest BCUT2D eigenvalue weighted by atomic mass is 9.99. The van der Waals surface area contributed by atoms with Crippen molar-refractivity contribution in [3.05, 3.63) is 102 Å². The van der Waals surface area contributed by atoms with Gasteiger partial charge in [0.15, 0.2) is 12.2 Å². The molecule has 2 atom stereocenters. The molecule has 4 aromatic rings. The first kappa shape index (κ1) is 40.0. The monoisotopic (exact) mass is 790 g/mol. The second kappa shape index (κ2) is 15.0. The molecule has 0 aromatic heterocycles. The molecule has 0 aliphatic rings. The molecule has 4 rings (SSSR count). The zero-order chi connectivity index (χ0) is 39.7. The van der Waals surface area contributed by atoms with Crippen molar-refractivity contribution in [2.45, 2.75) is 38.4 Å². The molecule has 0 heterocycles. The van der Waals surface area contributed by atoms with Crippen molar-refractivity contribution < 1.29 is 60.0 Å². The number of hydrogen-bond acceptors (Lipinski definition) is 9. The van der Waals surface area contributed by atoms with Gasteiger partial charge in [0.1, 0.15) is 11.5 Å². The lowest BCUT2D eigenvalue weighted by molar-refractivity contribution is -0.386. The van der Waals surface area contributed by atoms with Crippen LogP contribution >= 0.6 is 23.2 Å². The predicted molar refractivity (Wildman–Crippen MR) is 176 cm³/mol. The van der Waals surface area contributed by atoms with Crippen LogP contribution in [0, 0.1) is 20.2 Å². The molecule has 53 heavy (non-hydrogen) atoms. The Balaban J connectivity index is 2.14. The van der Waals surface area contributed by atoms with Crippen LogP contribution in [0.15, 0.2) is 60.7 Å². The SMILES string of the molecule is CC(Oc1c([N+](=O)[O-])ccc(Oc2ccc([N+](=O)[O-])c(OC(C)C(N)=O)c2-c2ccc(C(F)(F)F)cc2Cl)c1-c1ccc(C(F)(F)F)cc1Cl)C(N)=O. The fourth-order valence-corrected chi connectivity index (χ4v) is 5.24. The van der Waals surface area contributed by atoms with E-state index >= 15 is 0 Å². The minimum atomic E-state index is -4.89. The number of primary amides is 2. The number of rotatable bonds is 12. The first-order chi connectivity index (χ1) is 24.5. The summed E-state index contributed by atoms with van der Waals surface area (Å²) < 4.78 is 98.6. The zero-order valence-corrected chi connectivity index (χ0v) is 28.2. The van der Waals surface area contributed by atoms with Crippen molar-refractivity contribution in [1.82, 2.24) is 0 Å². The summed E-state index contributed by atoms with van der Waals surface area (Å²) in [6, 6.07) is 7.20. The van der Waals surface area contributed by atoms with Crippen molar-refractivity contribution >= 4 is 46.4 Å². The zero-order valence-electron chi connectivity index (χ0n) is 26.7. The highest BCUT2D eigenvalue weighted by atomic mass is 35.5. The number of carbonyl (C=O) groups is 2. The maximum Gasteiger partial charge on any atom is 0.416 e. The summed E-state index contributed by atoms with van der Waals surface area (Å²) in [7, 11) is 0. The second-order valence-corrected chi connectivity index (χ2v) is 11.7. The number of ether oxygens (including phenoxy) is 3. The van der Waals surface area contributed by atoms with Crippen molar-refractivity contribution in [3.63, 3.8) is 0 Å². The number of nitrogens with zero attached hydrogens (tertiary/aromatic N) is 2. The maximum atomic E-state index is 13.6. The van der Waals surface area contributed by atoms with Crippen molar-refractivity contribution in [2.75, 3.05) is 0 Å². The Labute approximate surface area is 303 Å². The number of halogens is 8. The summed E-state index contributed by atoms with van der Waals surface area (Å²) in [5, 5.41) is 23.0. The summed E-state index contributed by atoms with van der Waals surface area (Å²) in [4.78, 5) is 46.3. The molecule has 0 aliphatic carbocycles. The van der Waals surface area contributed by atoms with Crippen LogP contribution in [0.5, 0.6) is 23.0 Å². The number of hydrogen-bond donors (Lipinski definition) is 2. The lowest BCUT2D eigenvalue weighted by Gasteiger charge is -2.22. The van der Waals surface area contributed by atoms with E-state index in [0.29, 0.717) is 24.3 Å². The average molecular weight is 791 g/mol. The molecule has 2 unspecified atom stereocenters. The van der Waals surface area contributed by atoms with Gasteiger partial charge in [0, 0.05) is 33.3 Å². The van der Waals surface area contributed by atoms with Crippen molar-refractivity contribution in [2.24, 2.45) is 11.5 Å². The largest absolute Gasteiger partial charge is 0.473 e. The van der Waals surface area contributed by atoms with Gasteiger partial charge in [-0.25, -0.2) is 0 Å². The maximum absolute atomic E-state index is 13.6. The van der Waals surface area contributed by atoms with Gasteiger partial charge in [-0.3, -0.25) is 29.8 Å². The number of carbonyl (C=O) groups excluding carboxylic acids is 2. The van der Waals surface area contributed by atoms with E-state index in [2.05, 4.69) is 0 Å². The average Bonchev–Trinajstić information content (AvgIpc) is 3.04. The Morgan fingerprint density at radius 2 is 1.00 bits per heavy atom. The van der Waals surface area contributed by atoms with Crippen LogP contribution in [-0.4, -0.2) is 33.9 Å². The summed E-state index contributed by atoms with van der Waals surface area (Å²) >= 11 is 12.6. The third-order valence-corrected chi connectivity index (χ3v) is 7.96. The van der Waals surface area contributed by atoms with Gasteiger partial charge < -0.3 is 25.7 Å². The number of alkyl halides is 6. The molecule has 0 aliphatic heterocycles. The Kier molecular flexibility index (Phi) is 11.3. The Hall–Kier alpha value is -5.82. The molecule has 0 bridgehead atoms. The van der Waals surface area contributed by atoms with Crippen LogP contribution in [0.2, 0.25) is 10.0 Å². The molecule has 13 nitrogen and oxygen atoms in total. The van der Waals surface area contributed by atoms with Gasteiger partial charge in [-0.1, -0.05) is 35.3 Å². The second-order valence-electron chi connectivity index (χ2n) is 10.9. The van der Waals surface area contributed by atoms with Crippen molar-refractivity contribution in [3.8, 4) is 45.3 Å². The highest BCUT2D eigenvalue weighted by molar-refractivity contribution is 6.34. The van der Waals surface area contributed by atoms with E-state index in [1.54, 1.807) is 0 Å². The summed E-state index contributed by atoms with van der Waals surface area (Å²) in [6.07, 6.45) is -13.0. The fourth-order valence-electron chi connectivity index (χ4n) is 4.69. The highest BCUT2D eigenvalue weighted by Crippen LogP contribution is 2.53. The van der Waals surface area contributed by atoms with Gasteiger partial charge in [0.2, 0.25) is 11.5 Å². The van der Waals surface area contributed by atoms with Crippen LogP contribution in [0.3, 0.4) is 0 Å². The van der Waals surface area contributed by atoms with Crippen LogP contribution < -0.4 is 25.7 Å². The smallest absolute Gasteiger partial charge is 0.416 e. The van der Waals surface area contributed by atoms with E-state index in [1.807, 2.05) is 0 Å². The summed E-state index contributed by atoms with van der Waals surface area (Å²) in [5.41, 5.74) is 4.59. The van der Waals surface area contributed by atoms with Crippen LogP contribution in [0.1, 0.15) is 25.0 Å². The van der Waals surface area contributed by atoms with E-state index in [1.165, 1.54) is 0 Å². The van der Waals surface area contributed by atoms with Crippen molar-refractivity contribution in [1.29, 1.82) is 0 Å². The van der Waals surface area contributed by atoms with E-state index in [9.17, 15) is 56.2 Å². The number of nitrogens with two attached hydrogens (primary N) is 2. The first-order valence-corrected chi connectivity index (χ1v) is 15.2. The predicted octanol–water partition coefficient (Wildman–Crippen LogP) is 8.48. The van der Waals surface area contributed by atoms with Gasteiger partial charge in [0.25, 0.3) is 11.8 Å². The lowest BCUT2D eigenvalue weighted by Crippen LogP contribution is -2.31. The topological polar surface area (TPSA) is 200 Å². The third-order valence-electron chi connectivity index (χ3n) is 7.33. The van der Waals surface area contributed by atoms with Gasteiger partial charge in [-0.2, -0.15) is 26.3 Å². The number of amides is 2. The summed E-state index contributed by atoms with van der Waals surface area (Å²) in [5.74, 6) is -4.89. The number of benzene rings is 4. The van der Waals surface area contributed by atoms with Crippen LogP contribution in [0.25, 0.3) is 22.3 Å². The van der Waals surface area contributed by atoms with Crippen LogP contribution in [0.4, 0.5) is 37.7 Å². The minimum Gasteiger partial charge on any atom is -0.473 e. The molecule has 4 aromatic carbocycles. The molecule has 0 spiro atoms. The molecular formula is C32H22Cl2F6N4O9. The molecule has 21 heteroatoms. The number of nitro benzene ring substituents is 2. The Morgan fingerprint density at radius 1 is 0.660 bits per heavy atom. The number of nitro groups is 2. The summed E-state index contributed by atoms with van der Waals surface area (Å²) in [6.45, 7) is 2.20. The van der Waals surface area contributed by atoms with Gasteiger partial charge in [-0.05, 0) is 50.2 Å². The quantitative estimate of drug-likeness (QED) is 0.0802. The van der Waals surface area contributed by atoms with Gasteiger partial charge >= 0.3 is 23.7 Å². The minimum absolute atomic E-state index is 0.389. The third kappa shape index (κ3) is 8.63. The molecule has 4 N–H and O–H groups in total. The molecule has 0 saturated carbocycles. The molecule has 0 saturated heterocycles. The fraction of sp³-hybridized carbons (Fsp3) is 0.188. The van der Waals surface area contributed by atoms with Crippen LogP contribution in [-0.2, 0) is 21.9 Å². The molecule has 0 radical (unpaired) electrons. The molecule has 0 fully saturated rings. The molecular weight excluding hydrogens is 769 g/mol. The van der Waals surface area contributed by atoms with E-state index in [-0.39, 0.29) is 11.1 Å². The van der Waals surface area contributed by atoms with E-state index in [4.69, 9.17) is 48.9 Å². The molecule has 280 valence electrons. The molecule has 2 amide bonds. The Bertz CT molecular complexity index is 2000. The highest BCUT2D eigenvalue weighted by Gasteiger charge is 2.36. The van der Waals surface area contributed by atoms with Gasteiger partial charge in [0.05, 0.1) is 32.1 Å². The van der Waals surface area contributed by atoms with E-state index < -0.39 is 113 Å². The van der Waals surface area contributed by atoms with E-state index in [0.717, 1.165) is 50.2 Å². The standard InChI is InChI=1S/C32H22Cl2F6N4O9/c1-13(29(41)45)51-27-21(43(47)48)7-9-23(25(27)17-5-3-15(11-19(17)33)31(35,36)37)53-24-10-8-22(44(49)50)28(52-14(2)30(42)46)26(24)18-6-4-16(12-20(18)34)32(38,39)40/h3-14H,1-2H3,(H2,41,45)(H2,42,46). The first-order valence-electron chi connectivity index (χ1n) is 14.5. The normalized spacial score (nSPS) is 12.8. The van der Waals surface area contributed by atoms with Gasteiger partial charge in [-0.15, -0.1) is 0 Å². The Morgan fingerprint density at radius 3 is 1.26 bits per heavy atom.